The number of carboxylic acid groups (broad SMARTS) is 1. The minimum Gasteiger partial charge on any atom is -0.481 e. The number of amides is 2. The van der Waals surface area contributed by atoms with Gasteiger partial charge in [-0.1, -0.05) is 44.9 Å². The van der Waals surface area contributed by atoms with Crippen LogP contribution < -0.4 is 10.6 Å². The highest BCUT2D eigenvalue weighted by Gasteiger charge is 2.53. The second-order valence-corrected chi connectivity index (χ2v) is 12.2. The summed E-state index contributed by atoms with van der Waals surface area (Å²) in [6.45, 7) is 3.51. The molecule has 0 aromatic rings. The number of carboxylic acids is 1. The van der Waals surface area contributed by atoms with E-state index in [4.69, 9.17) is 33.5 Å². The smallest absolute Gasteiger partial charge is 0.305 e. The van der Waals surface area contributed by atoms with Crippen molar-refractivity contribution in [1.82, 2.24) is 10.6 Å². The maximum Gasteiger partial charge on any atom is 0.305 e. The van der Waals surface area contributed by atoms with Crippen LogP contribution in [0.3, 0.4) is 0 Å². The fourth-order valence-electron chi connectivity index (χ4n) is 5.25. The van der Waals surface area contributed by atoms with Crippen molar-refractivity contribution in [3.05, 3.63) is 0 Å². The summed E-state index contributed by atoms with van der Waals surface area (Å²) in [5.74, 6) is -6.05. The predicted molar refractivity (Wildman–Crippen MR) is 178 cm³/mol. The molecule has 1 aliphatic rings. The zero-order chi connectivity index (χ0) is 39.1. The molecule has 1 heterocycles. The van der Waals surface area contributed by atoms with Crippen LogP contribution >= 0.6 is 0 Å². The minimum atomic E-state index is -1.60. The zero-order valence-electron chi connectivity index (χ0n) is 30.6. The maximum absolute atomic E-state index is 13.2. The Bertz CT molecular complexity index is 1190. The van der Waals surface area contributed by atoms with E-state index < -0.39 is 104 Å². The van der Waals surface area contributed by atoms with E-state index in [2.05, 4.69) is 15.4 Å². The number of carbonyl (C=O) groups excluding carboxylic acids is 7. The number of esters is 5. The summed E-state index contributed by atoms with van der Waals surface area (Å²) in [6.07, 6.45) is 0.483. The van der Waals surface area contributed by atoms with Crippen LogP contribution in [0.15, 0.2) is 0 Å². The van der Waals surface area contributed by atoms with Crippen molar-refractivity contribution in [2.24, 2.45) is 0 Å². The lowest BCUT2D eigenvalue weighted by Gasteiger charge is -2.44. The van der Waals surface area contributed by atoms with Crippen LogP contribution in [-0.2, 0) is 71.5 Å². The lowest BCUT2D eigenvalue weighted by Crippen LogP contribution is -2.63. The SMILES string of the molecule is COC(=O)CCCCCCCCCCCNC(=O)C(CO[C@@H]1O[C@H](COC(C)=O)[C@H](OC(C)=O)[C@H](OC(C)=O)[C@H]1OC(C)=O)NC(=O)CCC(=O)O. The number of hydrogen-bond donors (Lipinski definition) is 3. The second kappa shape index (κ2) is 25.6. The maximum atomic E-state index is 13.2. The lowest BCUT2D eigenvalue weighted by atomic mass is 9.98. The van der Waals surface area contributed by atoms with E-state index >= 15 is 0 Å². The Morgan fingerprint density at radius 3 is 1.75 bits per heavy atom. The molecule has 18 heteroatoms. The molecule has 0 saturated carbocycles. The third-order valence-electron chi connectivity index (χ3n) is 7.68. The van der Waals surface area contributed by atoms with Crippen LogP contribution in [0.5, 0.6) is 0 Å². The molecule has 1 rings (SSSR count). The Morgan fingerprint density at radius 1 is 0.673 bits per heavy atom. The predicted octanol–water partition coefficient (Wildman–Crippen LogP) is 1.63. The van der Waals surface area contributed by atoms with Crippen molar-refractivity contribution in [3.8, 4) is 0 Å². The van der Waals surface area contributed by atoms with E-state index in [0.717, 1.165) is 79.1 Å². The van der Waals surface area contributed by atoms with Gasteiger partial charge in [-0.15, -0.1) is 0 Å². The van der Waals surface area contributed by atoms with Gasteiger partial charge >= 0.3 is 35.8 Å². The number of methoxy groups -OCH3 is 1. The molecule has 1 unspecified atom stereocenters. The van der Waals surface area contributed by atoms with E-state index in [1.807, 2.05) is 0 Å². The molecule has 1 fully saturated rings. The van der Waals surface area contributed by atoms with E-state index in [0.29, 0.717) is 12.8 Å². The van der Waals surface area contributed by atoms with Crippen molar-refractivity contribution in [3.63, 3.8) is 0 Å². The molecule has 6 atom stereocenters. The van der Waals surface area contributed by atoms with Gasteiger partial charge in [-0.25, -0.2) is 0 Å². The van der Waals surface area contributed by atoms with Gasteiger partial charge < -0.3 is 48.9 Å². The van der Waals surface area contributed by atoms with Gasteiger partial charge in [0.25, 0.3) is 0 Å². The van der Waals surface area contributed by atoms with E-state index in [-0.39, 0.29) is 12.5 Å². The molecule has 1 aliphatic heterocycles. The van der Waals surface area contributed by atoms with Crippen LogP contribution in [0.2, 0.25) is 0 Å². The highest BCUT2D eigenvalue weighted by atomic mass is 16.7. The molecular formula is C34H54N2O16. The van der Waals surface area contributed by atoms with E-state index in [1.54, 1.807) is 0 Å². The van der Waals surface area contributed by atoms with Crippen LogP contribution in [0.25, 0.3) is 0 Å². The van der Waals surface area contributed by atoms with E-state index in [9.17, 15) is 38.4 Å². The summed E-state index contributed by atoms with van der Waals surface area (Å²) in [6, 6.07) is -1.37. The normalized spacial score (nSPS) is 20.1. The molecule has 0 bridgehead atoms. The molecule has 0 aliphatic carbocycles. The first-order valence-electron chi connectivity index (χ1n) is 17.4. The number of rotatable bonds is 25. The quantitative estimate of drug-likeness (QED) is 0.0682. The summed E-state index contributed by atoms with van der Waals surface area (Å²) in [4.78, 5) is 95.7. The van der Waals surface area contributed by atoms with Gasteiger partial charge in [0.2, 0.25) is 11.8 Å². The van der Waals surface area contributed by atoms with Crippen molar-refractivity contribution >= 4 is 47.6 Å². The van der Waals surface area contributed by atoms with Crippen LogP contribution in [0.1, 0.15) is 105 Å². The summed E-state index contributed by atoms with van der Waals surface area (Å²) in [5.41, 5.74) is 0. The highest BCUT2D eigenvalue weighted by Crippen LogP contribution is 2.30. The third-order valence-corrected chi connectivity index (χ3v) is 7.68. The van der Waals surface area contributed by atoms with Crippen molar-refractivity contribution < 1.29 is 76.6 Å². The average molecular weight is 747 g/mol. The Labute approximate surface area is 303 Å². The minimum absolute atomic E-state index is 0.200. The number of hydrogen-bond acceptors (Lipinski definition) is 15. The molecule has 0 spiro atoms. The topological polar surface area (TPSA) is 245 Å². The summed E-state index contributed by atoms with van der Waals surface area (Å²) in [5, 5.41) is 14.2. The highest BCUT2D eigenvalue weighted by molar-refractivity contribution is 5.88. The Kier molecular flexibility index (Phi) is 22.5. The fraction of sp³-hybridized carbons (Fsp3) is 0.765. The van der Waals surface area contributed by atoms with Crippen molar-refractivity contribution in [2.45, 2.75) is 141 Å². The number of unbranched alkanes of at least 4 members (excludes halogenated alkanes) is 8. The van der Waals surface area contributed by atoms with Crippen molar-refractivity contribution in [1.29, 1.82) is 0 Å². The van der Waals surface area contributed by atoms with Gasteiger partial charge in [-0.2, -0.15) is 0 Å². The van der Waals surface area contributed by atoms with Crippen LogP contribution in [-0.4, -0.2) is 116 Å². The van der Waals surface area contributed by atoms with Crippen LogP contribution in [0, 0.1) is 0 Å². The monoisotopic (exact) mass is 746 g/mol. The molecule has 2 amide bonds. The standard InChI is InChI=1S/C34H54N2O16/c1-21(37)47-20-26-30(49-22(2)38)31(50-23(3)39)32(51-24(4)40)34(52-26)48-19-25(36-27(41)16-17-28(42)43)33(45)35-18-14-12-10-8-6-7-9-11-13-15-29(44)46-5/h25-26,30-32,34H,6-20H2,1-5H3,(H,35,45)(H,36,41)(H,42,43)/t25?,26-,30+,31+,32-,34-/m1/s1. The molecule has 18 nitrogen and oxygen atoms in total. The molecule has 296 valence electrons. The molecule has 52 heavy (non-hydrogen) atoms. The van der Waals surface area contributed by atoms with Gasteiger partial charge in [-0.3, -0.25) is 38.4 Å². The molecule has 0 aromatic carbocycles. The third kappa shape index (κ3) is 19.9. The Morgan fingerprint density at radius 2 is 1.21 bits per heavy atom. The lowest BCUT2D eigenvalue weighted by molar-refractivity contribution is -0.308. The fourth-order valence-corrected chi connectivity index (χ4v) is 5.25. The Hall–Kier alpha value is -4.32. The number of ether oxygens (including phenoxy) is 7. The molecule has 1 saturated heterocycles. The summed E-state index contributed by atoms with van der Waals surface area (Å²) < 4.78 is 37.5. The van der Waals surface area contributed by atoms with Gasteiger partial charge in [0.05, 0.1) is 20.1 Å². The number of aliphatic carboxylic acids is 1. The van der Waals surface area contributed by atoms with Gasteiger partial charge in [0.15, 0.2) is 24.6 Å². The first-order valence-corrected chi connectivity index (χ1v) is 17.4. The molecular weight excluding hydrogens is 692 g/mol. The molecule has 3 N–H and O–H groups in total. The zero-order valence-corrected chi connectivity index (χ0v) is 30.6. The van der Waals surface area contributed by atoms with E-state index in [1.165, 1.54) is 7.11 Å². The molecule has 0 radical (unpaired) electrons. The first kappa shape index (κ1) is 45.7. The largest absolute Gasteiger partial charge is 0.481 e. The summed E-state index contributed by atoms with van der Waals surface area (Å²) >= 11 is 0. The average Bonchev–Trinajstić information content (AvgIpc) is 3.06. The first-order chi connectivity index (χ1) is 24.6. The van der Waals surface area contributed by atoms with Crippen LogP contribution in [0.4, 0.5) is 0 Å². The molecule has 0 aromatic heterocycles. The summed E-state index contributed by atoms with van der Waals surface area (Å²) in [7, 11) is 1.38. The van der Waals surface area contributed by atoms with Crippen molar-refractivity contribution in [2.75, 3.05) is 26.9 Å². The van der Waals surface area contributed by atoms with Gasteiger partial charge in [-0.05, 0) is 12.8 Å². The number of carbonyl (C=O) groups is 8. The number of nitrogens with one attached hydrogen (secondary N) is 2. The Balaban J connectivity index is 2.95. The second-order valence-electron chi connectivity index (χ2n) is 12.2. The van der Waals surface area contributed by atoms with Gasteiger partial charge in [0, 0.05) is 47.1 Å². The van der Waals surface area contributed by atoms with Gasteiger partial charge in [0.1, 0.15) is 18.8 Å².